The summed E-state index contributed by atoms with van der Waals surface area (Å²) in [5.41, 5.74) is 2.26. The standard InChI is InChI=1S/C22H29N5O.HI/c1-3-23-22(27-15-13-19(16-27)18-9-5-4-6-10-18)24-14-12-21(28)26-20-11-7-8-17(2)25-20;/h4-11,19H,3,12-16H2,1-2H3,(H,23,24)(H,25,26,28);1H. The molecule has 2 aromatic rings. The van der Waals surface area contributed by atoms with Crippen LogP contribution in [0.15, 0.2) is 53.5 Å². The van der Waals surface area contributed by atoms with E-state index < -0.39 is 0 Å². The summed E-state index contributed by atoms with van der Waals surface area (Å²) in [6, 6.07) is 16.2. The molecule has 0 saturated carbocycles. The Morgan fingerprint density at radius 2 is 2.00 bits per heavy atom. The molecule has 1 aliphatic rings. The SMILES string of the molecule is CCNC(=NCCC(=O)Nc1cccc(C)n1)N1CCC(c2ccccc2)C1.I. The predicted molar refractivity (Wildman–Crippen MR) is 129 cm³/mol. The first-order valence-corrected chi connectivity index (χ1v) is 9.97. The van der Waals surface area contributed by atoms with Crippen molar-refractivity contribution in [3.05, 3.63) is 59.8 Å². The second-order valence-electron chi connectivity index (χ2n) is 7.04. The van der Waals surface area contributed by atoms with Gasteiger partial charge in [-0.3, -0.25) is 9.79 Å². The Bertz CT molecular complexity index is 812. The van der Waals surface area contributed by atoms with Crippen molar-refractivity contribution >= 4 is 41.7 Å². The van der Waals surface area contributed by atoms with Gasteiger partial charge in [0, 0.05) is 37.7 Å². The summed E-state index contributed by atoms with van der Waals surface area (Å²) in [4.78, 5) is 23.4. The van der Waals surface area contributed by atoms with E-state index in [1.807, 2.05) is 19.1 Å². The molecule has 2 heterocycles. The van der Waals surface area contributed by atoms with Gasteiger partial charge in [0.05, 0.1) is 6.54 Å². The third-order valence-corrected chi connectivity index (χ3v) is 4.85. The molecule has 1 saturated heterocycles. The second-order valence-corrected chi connectivity index (χ2v) is 7.04. The van der Waals surface area contributed by atoms with Gasteiger partial charge >= 0.3 is 0 Å². The molecule has 1 aromatic heterocycles. The van der Waals surface area contributed by atoms with Crippen molar-refractivity contribution in [1.29, 1.82) is 0 Å². The maximum absolute atomic E-state index is 12.2. The largest absolute Gasteiger partial charge is 0.357 e. The van der Waals surface area contributed by atoms with Crippen molar-refractivity contribution in [1.82, 2.24) is 15.2 Å². The van der Waals surface area contributed by atoms with E-state index in [0.717, 1.165) is 37.7 Å². The van der Waals surface area contributed by atoms with Crippen LogP contribution in [0.3, 0.4) is 0 Å². The highest BCUT2D eigenvalue weighted by Gasteiger charge is 2.25. The molecule has 7 heteroatoms. The molecule has 0 bridgehead atoms. The van der Waals surface area contributed by atoms with Crippen LogP contribution in [0.1, 0.15) is 36.9 Å². The van der Waals surface area contributed by atoms with Gasteiger partial charge in [0.25, 0.3) is 0 Å². The summed E-state index contributed by atoms with van der Waals surface area (Å²) < 4.78 is 0. The average Bonchev–Trinajstić information content (AvgIpc) is 3.18. The van der Waals surface area contributed by atoms with Crippen molar-refractivity contribution in [2.45, 2.75) is 32.6 Å². The maximum atomic E-state index is 12.2. The number of carbonyl (C=O) groups is 1. The van der Waals surface area contributed by atoms with Crippen LogP contribution < -0.4 is 10.6 Å². The number of anilines is 1. The Kier molecular flexibility index (Phi) is 9.37. The summed E-state index contributed by atoms with van der Waals surface area (Å²) in [6.07, 6.45) is 1.45. The van der Waals surface area contributed by atoms with E-state index in [4.69, 9.17) is 0 Å². The van der Waals surface area contributed by atoms with Crippen LogP contribution in [0.25, 0.3) is 0 Å². The van der Waals surface area contributed by atoms with Crippen molar-refractivity contribution < 1.29 is 4.79 Å². The molecule has 0 aliphatic carbocycles. The third kappa shape index (κ3) is 6.99. The number of guanidine groups is 1. The van der Waals surface area contributed by atoms with Gasteiger partial charge in [-0.05, 0) is 38.0 Å². The molecule has 1 amide bonds. The lowest BCUT2D eigenvalue weighted by Gasteiger charge is -2.21. The Morgan fingerprint density at radius 1 is 1.21 bits per heavy atom. The quantitative estimate of drug-likeness (QED) is 0.355. The first-order chi connectivity index (χ1) is 13.7. The number of carbonyl (C=O) groups excluding carboxylic acids is 1. The monoisotopic (exact) mass is 507 g/mol. The topological polar surface area (TPSA) is 69.6 Å². The molecule has 0 radical (unpaired) electrons. The Hall–Kier alpha value is -2.16. The lowest BCUT2D eigenvalue weighted by Crippen LogP contribution is -2.40. The first kappa shape index (κ1) is 23.1. The molecule has 1 aliphatic heterocycles. The van der Waals surface area contributed by atoms with Crippen LogP contribution in [-0.2, 0) is 4.79 Å². The predicted octanol–water partition coefficient (Wildman–Crippen LogP) is 3.79. The van der Waals surface area contributed by atoms with E-state index in [9.17, 15) is 4.79 Å². The van der Waals surface area contributed by atoms with Crippen LogP contribution in [0.2, 0.25) is 0 Å². The van der Waals surface area contributed by atoms with Crippen LogP contribution in [0, 0.1) is 6.92 Å². The average molecular weight is 507 g/mol. The molecule has 1 aromatic carbocycles. The number of hydrogen-bond acceptors (Lipinski definition) is 3. The van der Waals surface area contributed by atoms with Gasteiger partial charge < -0.3 is 15.5 Å². The molecule has 6 nitrogen and oxygen atoms in total. The van der Waals surface area contributed by atoms with E-state index in [2.05, 4.69) is 62.8 Å². The third-order valence-electron chi connectivity index (χ3n) is 4.85. The molecule has 1 unspecified atom stereocenters. The van der Waals surface area contributed by atoms with E-state index in [-0.39, 0.29) is 29.9 Å². The van der Waals surface area contributed by atoms with E-state index in [1.54, 1.807) is 6.07 Å². The number of hydrogen-bond donors (Lipinski definition) is 2. The Morgan fingerprint density at radius 3 is 2.72 bits per heavy atom. The summed E-state index contributed by atoms with van der Waals surface area (Å²) in [5.74, 6) is 1.94. The van der Waals surface area contributed by atoms with Crippen molar-refractivity contribution in [2.75, 3.05) is 31.5 Å². The molecule has 1 fully saturated rings. The van der Waals surface area contributed by atoms with E-state index >= 15 is 0 Å². The summed E-state index contributed by atoms with van der Waals surface area (Å²) in [6.45, 7) is 7.16. The number of nitrogens with one attached hydrogen (secondary N) is 2. The highest BCUT2D eigenvalue weighted by atomic mass is 127. The number of rotatable bonds is 6. The zero-order valence-electron chi connectivity index (χ0n) is 17.1. The Balaban J connectivity index is 0.00000300. The van der Waals surface area contributed by atoms with E-state index in [0.29, 0.717) is 24.7 Å². The number of likely N-dealkylation sites (tertiary alicyclic amines) is 1. The second kappa shape index (κ2) is 11.7. The number of pyridine rings is 1. The smallest absolute Gasteiger partial charge is 0.227 e. The maximum Gasteiger partial charge on any atom is 0.227 e. The Labute approximate surface area is 190 Å². The lowest BCUT2D eigenvalue weighted by atomic mass is 9.99. The van der Waals surface area contributed by atoms with Gasteiger partial charge in [0.2, 0.25) is 5.91 Å². The van der Waals surface area contributed by atoms with Gasteiger partial charge in [0.1, 0.15) is 5.82 Å². The zero-order chi connectivity index (χ0) is 19.8. The molecular formula is C22H30IN5O. The number of halogens is 1. The lowest BCUT2D eigenvalue weighted by molar-refractivity contribution is -0.116. The number of aliphatic imine (C=N–C) groups is 1. The van der Waals surface area contributed by atoms with Crippen LogP contribution in [-0.4, -0.2) is 47.9 Å². The first-order valence-electron chi connectivity index (χ1n) is 9.97. The zero-order valence-corrected chi connectivity index (χ0v) is 19.4. The molecule has 1 atom stereocenters. The highest BCUT2D eigenvalue weighted by molar-refractivity contribution is 14.0. The number of nitrogens with zero attached hydrogens (tertiary/aromatic N) is 3. The summed E-state index contributed by atoms with van der Waals surface area (Å²) in [7, 11) is 0. The molecule has 0 spiro atoms. The minimum absolute atomic E-state index is 0. The molecule has 3 rings (SSSR count). The fourth-order valence-corrected chi connectivity index (χ4v) is 3.46. The minimum Gasteiger partial charge on any atom is -0.357 e. The number of aryl methyl sites for hydroxylation is 1. The molecule has 29 heavy (non-hydrogen) atoms. The van der Waals surface area contributed by atoms with Crippen LogP contribution in [0.5, 0.6) is 0 Å². The highest BCUT2D eigenvalue weighted by Crippen LogP contribution is 2.26. The van der Waals surface area contributed by atoms with Crippen molar-refractivity contribution in [3.63, 3.8) is 0 Å². The fourth-order valence-electron chi connectivity index (χ4n) is 3.46. The number of aromatic nitrogens is 1. The van der Waals surface area contributed by atoms with E-state index in [1.165, 1.54) is 5.56 Å². The van der Waals surface area contributed by atoms with Gasteiger partial charge in [-0.15, -0.1) is 24.0 Å². The minimum atomic E-state index is -0.0683. The molecular weight excluding hydrogens is 477 g/mol. The summed E-state index contributed by atoms with van der Waals surface area (Å²) >= 11 is 0. The van der Waals surface area contributed by atoms with Gasteiger partial charge in [-0.1, -0.05) is 36.4 Å². The molecule has 2 N–H and O–H groups in total. The molecule has 156 valence electrons. The number of benzene rings is 1. The van der Waals surface area contributed by atoms with Gasteiger partial charge in [0.15, 0.2) is 5.96 Å². The number of amides is 1. The van der Waals surface area contributed by atoms with Crippen molar-refractivity contribution in [2.24, 2.45) is 4.99 Å². The fraction of sp³-hybridized carbons (Fsp3) is 0.409. The summed E-state index contributed by atoms with van der Waals surface area (Å²) in [5, 5.41) is 6.19. The normalized spacial score (nSPS) is 16.3. The van der Waals surface area contributed by atoms with Crippen molar-refractivity contribution in [3.8, 4) is 0 Å². The van der Waals surface area contributed by atoms with Crippen LogP contribution in [0.4, 0.5) is 5.82 Å². The van der Waals surface area contributed by atoms with Gasteiger partial charge in [-0.2, -0.15) is 0 Å². The van der Waals surface area contributed by atoms with Gasteiger partial charge in [-0.25, -0.2) is 4.98 Å². The van der Waals surface area contributed by atoms with Crippen LogP contribution >= 0.6 is 24.0 Å².